The van der Waals surface area contributed by atoms with E-state index in [-0.39, 0.29) is 17.3 Å². The van der Waals surface area contributed by atoms with Gasteiger partial charge in [-0.1, -0.05) is 6.07 Å². The van der Waals surface area contributed by atoms with E-state index >= 15 is 0 Å². The van der Waals surface area contributed by atoms with Gasteiger partial charge in [0.1, 0.15) is 11.4 Å². The van der Waals surface area contributed by atoms with E-state index in [0.717, 1.165) is 45.1 Å². The first-order valence-electron chi connectivity index (χ1n) is 8.86. The van der Waals surface area contributed by atoms with E-state index in [4.69, 9.17) is 5.11 Å². The molecule has 9 heteroatoms. The summed E-state index contributed by atoms with van der Waals surface area (Å²) < 4.78 is 0. The second-order valence-electron chi connectivity index (χ2n) is 6.20. The molecule has 2 aromatic heterocycles. The molecule has 1 aliphatic rings. The van der Waals surface area contributed by atoms with Crippen LogP contribution in [0.1, 0.15) is 27.4 Å². The Morgan fingerprint density at radius 2 is 1.74 bits per heavy atom. The predicted octanol–water partition coefficient (Wildman–Crippen LogP) is 0.512. The third-order valence-electron chi connectivity index (χ3n) is 4.34. The summed E-state index contributed by atoms with van der Waals surface area (Å²) in [6.45, 7) is 5.00. The van der Waals surface area contributed by atoms with Crippen molar-refractivity contribution in [1.82, 2.24) is 25.2 Å². The second kappa shape index (κ2) is 9.04. The molecule has 0 unspecified atom stereocenters. The number of carboxylic acid groups (broad SMARTS) is 1. The van der Waals surface area contributed by atoms with Crippen LogP contribution in [0.25, 0.3) is 0 Å². The van der Waals surface area contributed by atoms with Gasteiger partial charge in [-0.2, -0.15) is 0 Å². The highest BCUT2D eigenvalue weighted by Crippen LogP contribution is 2.09. The molecule has 0 atom stereocenters. The summed E-state index contributed by atoms with van der Waals surface area (Å²) in [5.41, 5.74) is -0.0192. The molecule has 3 heterocycles. The van der Waals surface area contributed by atoms with Gasteiger partial charge in [-0.15, -0.1) is 0 Å². The lowest BCUT2D eigenvalue weighted by Gasteiger charge is -2.34. The Bertz CT molecular complexity index is 778. The Balaban J connectivity index is 1.37. The van der Waals surface area contributed by atoms with E-state index < -0.39 is 5.97 Å². The molecule has 2 N–H and O–H groups in total. The number of carbonyl (C=O) groups is 2. The van der Waals surface area contributed by atoms with E-state index in [1.54, 1.807) is 12.4 Å². The lowest BCUT2D eigenvalue weighted by Crippen LogP contribution is -2.47. The summed E-state index contributed by atoms with van der Waals surface area (Å²) >= 11 is 0. The van der Waals surface area contributed by atoms with E-state index in [9.17, 15) is 9.59 Å². The van der Waals surface area contributed by atoms with E-state index in [2.05, 4.69) is 30.1 Å². The van der Waals surface area contributed by atoms with Crippen LogP contribution in [-0.4, -0.2) is 76.1 Å². The molecule has 142 valence electrons. The Morgan fingerprint density at radius 3 is 2.44 bits per heavy atom. The van der Waals surface area contributed by atoms with Crippen molar-refractivity contribution in [2.24, 2.45) is 0 Å². The average molecular weight is 370 g/mol. The molecular weight excluding hydrogens is 348 g/mol. The van der Waals surface area contributed by atoms with Crippen LogP contribution >= 0.6 is 0 Å². The highest BCUT2D eigenvalue weighted by atomic mass is 16.4. The van der Waals surface area contributed by atoms with Gasteiger partial charge in [0.15, 0.2) is 0 Å². The first-order valence-corrected chi connectivity index (χ1v) is 8.86. The van der Waals surface area contributed by atoms with Crippen LogP contribution in [0, 0.1) is 0 Å². The van der Waals surface area contributed by atoms with Crippen molar-refractivity contribution in [2.45, 2.75) is 6.42 Å². The van der Waals surface area contributed by atoms with Crippen molar-refractivity contribution >= 4 is 17.8 Å². The quantitative estimate of drug-likeness (QED) is 0.678. The van der Waals surface area contributed by atoms with E-state index in [0.29, 0.717) is 6.54 Å². The number of anilines is 1. The van der Waals surface area contributed by atoms with Crippen LogP contribution in [0.2, 0.25) is 0 Å². The summed E-state index contributed by atoms with van der Waals surface area (Å²) in [6.07, 6.45) is 4.31. The molecule has 2 aromatic rings. The maximum Gasteiger partial charge on any atom is 0.354 e. The Kier molecular flexibility index (Phi) is 6.26. The van der Waals surface area contributed by atoms with Gasteiger partial charge in [-0.3, -0.25) is 9.69 Å². The highest BCUT2D eigenvalue weighted by Gasteiger charge is 2.18. The normalized spacial score (nSPS) is 14.7. The van der Waals surface area contributed by atoms with E-state index in [1.807, 2.05) is 6.07 Å². The lowest BCUT2D eigenvalue weighted by atomic mass is 10.2. The summed E-state index contributed by atoms with van der Waals surface area (Å²) in [5.74, 6) is -0.741. The van der Waals surface area contributed by atoms with Gasteiger partial charge in [0.05, 0.1) is 0 Å². The standard InChI is InChI=1S/C18H22N6O3/c25-16(14-4-1-5-15(22-14)17(26)27)19-8-3-9-23-10-12-24(13-11-23)18-20-6-2-7-21-18/h1-2,4-7H,3,8-13H2,(H,19,25)(H,26,27). The molecule has 0 aliphatic carbocycles. The first-order chi connectivity index (χ1) is 13.1. The predicted molar refractivity (Wildman–Crippen MR) is 98.8 cm³/mol. The average Bonchev–Trinajstić information content (AvgIpc) is 2.72. The number of rotatable bonds is 7. The van der Waals surface area contributed by atoms with Gasteiger partial charge in [0, 0.05) is 45.1 Å². The highest BCUT2D eigenvalue weighted by molar-refractivity contribution is 5.94. The summed E-state index contributed by atoms with van der Waals surface area (Å²) in [5, 5.41) is 11.7. The van der Waals surface area contributed by atoms with Gasteiger partial charge in [-0.05, 0) is 31.2 Å². The first kappa shape index (κ1) is 18.7. The number of nitrogens with one attached hydrogen (secondary N) is 1. The third kappa shape index (κ3) is 5.20. The fraction of sp³-hybridized carbons (Fsp3) is 0.389. The molecule has 1 aliphatic heterocycles. The maximum atomic E-state index is 12.1. The van der Waals surface area contributed by atoms with Gasteiger partial charge in [0.2, 0.25) is 5.95 Å². The molecule has 1 fully saturated rings. The fourth-order valence-electron chi connectivity index (χ4n) is 2.90. The van der Waals surface area contributed by atoms with Crippen LogP contribution < -0.4 is 10.2 Å². The summed E-state index contributed by atoms with van der Waals surface area (Å²) in [4.78, 5) is 39.9. The number of nitrogens with zero attached hydrogens (tertiary/aromatic N) is 5. The second-order valence-corrected chi connectivity index (χ2v) is 6.20. The molecule has 3 rings (SSSR count). The number of pyridine rings is 1. The zero-order chi connectivity index (χ0) is 19.1. The molecular formula is C18H22N6O3. The van der Waals surface area contributed by atoms with Crippen molar-refractivity contribution in [1.29, 1.82) is 0 Å². The number of carbonyl (C=O) groups excluding carboxylic acids is 1. The van der Waals surface area contributed by atoms with Crippen LogP contribution in [0.15, 0.2) is 36.7 Å². The smallest absolute Gasteiger partial charge is 0.354 e. The Morgan fingerprint density at radius 1 is 1.04 bits per heavy atom. The maximum absolute atomic E-state index is 12.1. The summed E-state index contributed by atoms with van der Waals surface area (Å²) in [6, 6.07) is 6.19. The Labute approximate surface area is 157 Å². The molecule has 0 bridgehead atoms. The minimum atomic E-state index is -1.15. The SMILES string of the molecule is O=C(O)c1cccc(C(=O)NCCCN2CCN(c3ncccn3)CC2)n1. The number of carboxylic acids is 1. The van der Waals surface area contributed by atoms with Crippen LogP contribution in [0.5, 0.6) is 0 Å². The van der Waals surface area contributed by atoms with E-state index in [1.165, 1.54) is 18.2 Å². The van der Waals surface area contributed by atoms with Crippen molar-refractivity contribution < 1.29 is 14.7 Å². The monoisotopic (exact) mass is 370 g/mol. The van der Waals surface area contributed by atoms with Crippen molar-refractivity contribution in [3.63, 3.8) is 0 Å². The number of hydrogen-bond acceptors (Lipinski definition) is 7. The molecule has 1 saturated heterocycles. The third-order valence-corrected chi connectivity index (χ3v) is 4.34. The molecule has 0 spiro atoms. The van der Waals surface area contributed by atoms with Gasteiger partial charge in [-0.25, -0.2) is 19.7 Å². The largest absolute Gasteiger partial charge is 0.477 e. The van der Waals surface area contributed by atoms with Crippen LogP contribution in [0.3, 0.4) is 0 Å². The van der Waals surface area contributed by atoms with Gasteiger partial charge >= 0.3 is 5.97 Å². The molecule has 0 aromatic carbocycles. The molecule has 1 amide bonds. The molecule has 27 heavy (non-hydrogen) atoms. The number of piperazine rings is 1. The fourth-order valence-corrected chi connectivity index (χ4v) is 2.90. The minimum Gasteiger partial charge on any atom is -0.477 e. The van der Waals surface area contributed by atoms with Crippen LogP contribution in [0.4, 0.5) is 5.95 Å². The zero-order valence-corrected chi connectivity index (χ0v) is 14.9. The lowest BCUT2D eigenvalue weighted by molar-refractivity contribution is 0.0690. The summed E-state index contributed by atoms with van der Waals surface area (Å²) in [7, 11) is 0. The number of aromatic carboxylic acids is 1. The minimum absolute atomic E-state index is 0.117. The number of hydrogen-bond donors (Lipinski definition) is 2. The van der Waals surface area contributed by atoms with Crippen molar-refractivity contribution in [3.05, 3.63) is 48.0 Å². The Hall–Kier alpha value is -3.07. The molecule has 9 nitrogen and oxygen atoms in total. The van der Waals surface area contributed by atoms with Crippen molar-refractivity contribution in [2.75, 3.05) is 44.2 Å². The number of aromatic nitrogens is 3. The van der Waals surface area contributed by atoms with Gasteiger partial charge in [0.25, 0.3) is 5.91 Å². The van der Waals surface area contributed by atoms with Gasteiger partial charge < -0.3 is 15.3 Å². The number of amides is 1. The zero-order valence-electron chi connectivity index (χ0n) is 14.9. The van der Waals surface area contributed by atoms with Crippen LogP contribution in [-0.2, 0) is 0 Å². The molecule has 0 radical (unpaired) electrons. The molecule has 0 saturated carbocycles. The van der Waals surface area contributed by atoms with Crippen molar-refractivity contribution in [3.8, 4) is 0 Å². The topological polar surface area (TPSA) is 112 Å².